The summed E-state index contributed by atoms with van der Waals surface area (Å²) in [4.78, 5) is 0. The van der Waals surface area contributed by atoms with Crippen molar-refractivity contribution >= 4 is 25.9 Å². The Labute approximate surface area is 223 Å². The van der Waals surface area contributed by atoms with Crippen molar-refractivity contribution < 1.29 is 40.2 Å². The Morgan fingerprint density at radius 2 is 0.694 bits per heavy atom. The van der Waals surface area contributed by atoms with Crippen LogP contribution in [-0.4, -0.2) is 70.5 Å². The Hall–Kier alpha value is 0.214. The summed E-state index contributed by atoms with van der Waals surface area (Å²) in [7, 11) is -7.74. The van der Waals surface area contributed by atoms with Crippen LogP contribution in [0.3, 0.4) is 0 Å². The molecule has 0 aliphatic rings. The predicted octanol–water partition coefficient (Wildman–Crippen LogP) is 6.89. The van der Waals surface area contributed by atoms with Crippen molar-refractivity contribution in [3.8, 4) is 0 Å². The molecule has 0 aliphatic carbocycles. The van der Waals surface area contributed by atoms with Crippen LogP contribution in [0.25, 0.3) is 0 Å². The molecule has 0 saturated heterocycles. The Balaban J connectivity index is 4.58. The van der Waals surface area contributed by atoms with Gasteiger partial charge in [0, 0.05) is 56.3 Å². The molecule has 216 valence electrons. The van der Waals surface area contributed by atoms with E-state index >= 15 is 0 Å². The van der Waals surface area contributed by atoms with E-state index in [1.165, 1.54) is 0 Å². The van der Waals surface area contributed by atoms with E-state index in [-0.39, 0.29) is 0 Å². The van der Waals surface area contributed by atoms with Crippen molar-refractivity contribution in [3.05, 3.63) is 0 Å². The third kappa shape index (κ3) is 17.7. The first kappa shape index (κ1) is 36.2. The minimum absolute atomic E-state index is 0.294. The first-order valence-electron chi connectivity index (χ1n) is 14.0. The Bertz CT molecular complexity index is 432. The van der Waals surface area contributed by atoms with Crippen molar-refractivity contribution in [3.63, 3.8) is 0 Å². The normalized spacial score (nSPS) is 12.4. The maximum atomic E-state index is 12.3. The molecule has 0 spiro atoms. The molecule has 0 rings (SSSR count). The molecule has 12 heteroatoms. The average Bonchev–Trinajstić information content (AvgIpc) is 2.90. The van der Waals surface area contributed by atoms with E-state index in [4.69, 9.17) is 35.6 Å². The maximum absolute atomic E-state index is 12.3. The Morgan fingerprint density at radius 1 is 0.444 bits per heavy atom. The molecule has 0 amide bonds. The zero-order chi connectivity index (χ0) is 27.0. The van der Waals surface area contributed by atoms with Gasteiger partial charge >= 0.3 is 25.9 Å². The van der Waals surface area contributed by atoms with Crippen LogP contribution in [0, 0.1) is 0 Å². The van der Waals surface area contributed by atoms with Gasteiger partial charge in [0.15, 0.2) is 0 Å². The monoisotopic (exact) mass is 573 g/mol. The van der Waals surface area contributed by atoms with E-state index in [0.717, 1.165) is 38.5 Å². The van der Waals surface area contributed by atoms with Crippen LogP contribution >= 0.6 is 8.25 Å². The van der Waals surface area contributed by atoms with E-state index in [9.17, 15) is 4.57 Å². The quantitative estimate of drug-likeness (QED) is 0.0563. The summed E-state index contributed by atoms with van der Waals surface area (Å²) in [6, 6.07) is 1.26. The lowest BCUT2D eigenvalue weighted by Gasteiger charge is -2.29. The minimum Gasteiger partial charge on any atom is -0.373 e. The molecular formula is C24H54O9PSi2+. The smallest absolute Gasteiger partial charge is 0.373 e. The summed E-state index contributed by atoms with van der Waals surface area (Å²) in [5.41, 5.74) is 0. The van der Waals surface area contributed by atoms with Gasteiger partial charge in [-0.1, -0.05) is 41.5 Å². The molecule has 0 aromatic heterocycles. The largest absolute Gasteiger partial charge is 0.697 e. The highest BCUT2D eigenvalue weighted by molar-refractivity contribution is 7.33. The topological polar surface area (TPSA) is 90.9 Å². The van der Waals surface area contributed by atoms with Crippen molar-refractivity contribution in [2.45, 2.75) is 105 Å². The van der Waals surface area contributed by atoms with Gasteiger partial charge in [0.05, 0.1) is 0 Å². The highest BCUT2D eigenvalue weighted by atomic mass is 31.1. The van der Waals surface area contributed by atoms with Crippen LogP contribution in [0.1, 0.15) is 92.9 Å². The molecule has 0 atom stereocenters. The summed E-state index contributed by atoms with van der Waals surface area (Å²) in [5, 5.41) is 0. The summed E-state index contributed by atoms with van der Waals surface area (Å²) < 4.78 is 59.7. The van der Waals surface area contributed by atoms with E-state index in [1.54, 1.807) is 0 Å². The molecule has 0 aromatic carbocycles. The highest BCUT2D eigenvalue weighted by Crippen LogP contribution is 2.27. The summed E-state index contributed by atoms with van der Waals surface area (Å²) >= 11 is 0. The molecular weight excluding hydrogens is 519 g/mol. The summed E-state index contributed by atoms with van der Waals surface area (Å²) in [5.74, 6) is 0. The van der Waals surface area contributed by atoms with Crippen LogP contribution < -0.4 is 0 Å². The second-order valence-electron chi connectivity index (χ2n) is 8.55. The molecule has 0 unspecified atom stereocenters. The fourth-order valence-electron chi connectivity index (χ4n) is 3.12. The molecule has 36 heavy (non-hydrogen) atoms. The molecule has 0 saturated carbocycles. The van der Waals surface area contributed by atoms with Gasteiger partial charge in [0.2, 0.25) is 0 Å². The van der Waals surface area contributed by atoms with Crippen molar-refractivity contribution in [1.29, 1.82) is 0 Å². The lowest BCUT2D eigenvalue weighted by Crippen LogP contribution is -2.46. The third-order valence-electron chi connectivity index (χ3n) is 4.80. The van der Waals surface area contributed by atoms with Gasteiger partial charge in [0.1, 0.15) is 13.2 Å². The molecule has 0 aromatic rings. The van der Waals surface area contributed by atoms with E-state index < -0.39 is 25.9 Å². The molecule has 9 nitrogen and oxygen atoms in total. The van der Waals surface area contributed by atoms with Crippen LogP contribution in [0.5, 0.6) is 0 Å². The number of hydrogen-bond donors (Lipinski definition) is 0. The second-order valence-corrected chi connectivity index (χ2v) is 15.0. The molecule has 0 heterocycles. The second kappa shape index (κ2) is 24.3. The van der Waals surface area contributed by atoms with Gasteiger partial charge in [-0.15, -0.1) is 9.05 Å². The standard InChI is InChI=1S/C24H54O9PSi2/c1-7-15-28-35(29-16-8-2,30-17-9-3)23-13-21-26-34(25)27-22-14-24-36(31-18-10-4,32-19-11-5)33-20-12-6/h7-24H2,1-6H3/q+1. The van der Waals surface area contributed by atoms with Crippen molar-refractivity contribution in [2.75, 3.05) is 52.9 Å². The van der Waals surface area contributed by atoms with Crippen molar-refractivity contribution in [1.82, 2.24) is 0 Å². The Morgan fingerprint density at radius 3 is 0.917 bits per heavy atom. The third-order valence-corrected chi connectivity index (χ3v) is 11.4. The Kier molecular flexibility index (Phi) is 24.4. The summed E-state index contributed by atoms with van der Waals surface area (Å²) in [6.07, 6.45) is 6.65. The van der Waals surface area contributed by atoms with Gasteiger partial charge in [-0.25, -0.2) is 0 Å². The van der Waals surface area contributed by atoms with E-state index in [2.05, 4.69) is 41.5 Å². The van der Waals surface area contributed by atoms with Gasteiger partial charge in [0.25, 0.3) is 0 Å². The fourth-order valence-corrected chi connectivity index (χ4v) is 9.36. The average molecular weight is 574 g/mol. The maximum Gasteiger partial charge on any atom is 0.697 e. The van der Waals surface area contributed by atoms with Gasteiger partial charge < -0.3 is 26.6 Å². The fraction of sp³-hybridized carbons (Fsp3) is 1.00. The molecule has 0 aliphatic heterocycles. The molecule has 0 radical (unpaired) electrons. The van der Waals surface area contributed by atoms with Gasteiger partial charge in [-0.2, -0.15) is 0 Å². The predicted molar refractivity (Wildman–Crippen MR) is 147 cm³/mol. The first-order valence-corrected chi connectivity index (χ1v) is 19.0. The van der Waals surface area contributed by atoms with Gasteiger partial charge in [-0.05, 0) is 51.4 Å². The minimum atomic E-state index is -2.77. The van der Waals surface area contributed by atoms with Crippen LogP contribution in [0.4, 0.5) is 0 Å². The molecule has 0 fully saturated rings. The van der Waals surface area contributed by atoms with Crippen molar-refractivity contribution in [2.24, 2.45) is 0 Å². The van der Waals surface area contributed by atoms with Crippen LogP contribution in [0.15, 0.2) is 0 Å². The molecule has 0 N–H and O–H groups in total. The number of hydrogen-bond acceptors (Lipinski definition) is 9. The SMILES string of the molecule is CCCO[Si](CCCO[P+](=O)OCCC[Si](OCCC)(OCCC)OCCC)(OCCC)OCCC. The summed E-state index contributed by atoms with van der Waals surface area (Å²) in [6.45, 7) is 16.6. The first-order chi connectivity index (χ1) is 17.5. The highest BCUT2D eigenvalue weighted by Gasteiger charge is 2.42. The lowest BCUT2D eigenvalue weighted by atomic mass is 10.5. The van der Waals surface area contributed by atoms with E-state index in [1.807, 2.05) is 0 Å². The lowest BCUT2D eigenvalue weighted by molar-refractivity contribution is 0.0575. The van der Waals surface area contributed by atoms with Crippen LogP contribution in [-0.2, 0) is 40.2 Å². The zero-order valence-electron chi connectivity index (χ0n) is 23.8. The van der Waals surface area contributed by atoms with E-state index in [0.29, 0.717) is 77.8 Å². The van der Waals surface area contributed by atoms with Crippen LogP contribution in [0.2, 0.25) is 12.1 Å². The van der Waals surface area contributed by atoms with Gasteiger partial charge in [-0.3, -0.25) is 0 Å². The zero-order valence-corrected chi connectivity index (χ0v) is 26.7. The number of rotatable bonds is 28. The molecule has 0 bridgehead atoms.